The first-order valence-corrected chi connectivity index (χ1v) is 10.7. The average Bonchev–Trinajstić information content (AvgIpc) is 3.15. The second-order valence-electron chi connectivity index (χ2n) is 7.51. The predicted octanol–water partition coefficient (Wildman–Crippen LogP) is 5.02. The van der Waals surface area contributed by atoms with Crippen molar-refractivity contribution in [2.75, 3.05) is 20.2 Å². The Morgan fingerprint density at radius 3 is 2.47 bits per heavy atom. The summed E-state index contributed by atoms with van der Waals surface area (Å²) < 4.78 is 21.0. The molecule has 1 saturated heterocycles. The lowest BCUT2D eigenvalue weighted by molar-refractivity contribution is 0.0702. The van der Waals surface area contributed by atoms with E-state index in [0.717, 1.165) is 28.6 Å². The number of aromatic nitrogens is 2. The van der Waals surface area contributed by atoms with E-state index in [2.05, 4.69) is 33.2 Å². The third-order valence-electron chi connectivity index (χ3n) is 5.67. The van der Waals surface area contributed by atoms with Gasteiger partial charge in [-0.1, -0.05) is 6.07 Å². The van der Waals surface area contributed by atoms with Crippen LogP contribution in [0.4, 0.5) is 4.39 Å². The van der Waals surface area contributed by atoms with Gasteiger partial charge in [0.15, 0.2) is 0 Å². The molecule has 0 atom stereocenters. The van der Waals surface area contributed by atoms with Crippen LogP contribution < -0.4 is 4.74 Å². The Hall–Kier alpha value is -2.67. The van der Waals surface area contributed by atoms with Crippen LogP contribution in [-0.2, 0) is 7.05 Å². The molecule has 7 heteroatoms. The zero-order valence-corrected chi connectivity index (χ0v) is 18.5. The number of carbonyl (C=O) groups excluding carboxylic acids is 1. The van der Waals surface area contributed by atoms with Crippen LogP contribution in [0.5, 0.6) is 5.75 Å². The molecule has 30 heavy (non-hydrogen) atoms. The normalized spacial score (nSPS) is 14.7. The van der Waals surface area contributed by atoms with E-state index in [-0.39, 0.29) is 11.7 Å². The number of likely N-dealkylation sites (tertiary alicyclic amines) is 1. The maximum atomic E-state index is 13.2. The number of rotatable bonds is 4. The smallest absolute Gasteiger partial charge is 0.272 e. The summed E-state index contributed by atoms with van der Waals surface area (Å²) in [7, 11) is 3.42. The van der Waals surface area contributed by atoms with Crippen LogP contribution in [0, 0.1) is 5.82 Å². The van der Waals surface area contributed by atoms with E-state index < -0.39 is 0 Å². The molecule has 4 rings (SSSR count). The number of nitrogens with zero attached hydrogens (tertiary/aromatic N) is 3. The minimum Gasteiger partial charge on any atom is -0.496 e. The van der Waals surface area contributed by atoms with Crippen molar-refractivity contribution in [1.82, 2.24) is 14.7 Å². The molecule has 0 unspecified atom stereocenters. The maximum Gasteiger partial charge on any atom is 0.272 e. The summed E-state index contributed by atoms with van der Waals surface area (Å²) in [5.41, 5.74) is 3.25. The Bertz CT molecular complexity index is 1060. The molecule has 1 aromatic heterocycles. The number of carbonyl (C=O) groups is 1. The molecule has 0 radical (unpaired) electrons. The lowest BCUT2D eigenvalue weighted by atomic mass is 9.89. The molecule has 0 saturated carbocycles. The minimum atomic E-state index is -0.294. The van der Waals surface area contributed by atoms with Gasteiger partial charge in [-0.2, -0.15) is 5.10 Å². The zero-order chi connectivity index (χ0) is 21.3. The Balaban J connectivity index is 1.44. The average molecular weight is 472 g/mol. The fourth-order valence-electron chi connectivity index (χ4n) is 3.94. The van der Waals surface area contributed by atoms with Crippen LogP contribution in [0.25, 0.3) is 11.3 Å². The fourth-order valence-corrected chi connectivity index (χ4v) is 4.50. The maximum absolute atomic E-state index is 13.2. The highest BCUT2D eigenvalue weighted by Crippen LogP contribution is 2.34. The summed E-state index contributed by atoms with van der Waals surface area (Å²) in [6, 6.07) is 14.1. The highest BCUT2D eigenvalue weighted by atomic mass is 79.9. The summed E-state index contributed by atoms with van der Waals surface area (Å²) in [5.74, 6) is 0.919. The molecule has 1 fully saturated rings. The quantitative estimate of drug-likeness (QED) is 0.536. The fraction of sp³-hybridized carbons (Fsp3) is 0.304. The summed E-state index contributed by atoms with van der Waals surface area (Å²) in [4.78, 5) is 15.0. The van der Waals surface area contributed by atoms with Gasteiger partial charge >= 0.3 is 0 Å². The Kier molecular flexibility index (Phi) is 5.90. The van der Waals surface area contributed by atoms with Crippen LogP contribution in [0.15, 0.2) is 53.0 Å². The van der Waals surface area contributed by atoms with Gasteiger partial charge in [0, 0.05) is 25.7 Å². The summed E-state index contributed by atoms with van der Waals surface area (Å²) >= 11 is 3.55. The van der Waals surface area contributed by atoms with Gasteiger partial charge in [-0.05, 0) is 82.7 Å². The van der Waals surface area contributed by atoms with Gasteiger partial charge in [-0.25, -0.2) is 4.39 Å². The van der Waals surface area contributed by atoms with Crippen LogP contribution in [0.3, 0.4) is 0 Å². The first kappa shape index (κ1) is 20.6. The van der Waals surface area contributed by atoms with Gasteiger partial charge < -0.3 is 9.64 Å². The lowest BCUT2D eigenvalue weighted by Gasteiger charge is -2.32. The molecule has 156 valence electrons. The Labute approximate surface area is 183 Å². The number of hydrogen-bond acceptors (Lipinski definition) is 3. The van der Waals surface area contributed by atoms with Gasteiger partial charge in [0.05, 0.1) is 17.3 Å². The van der Waals surface area contributed by atoms with E-state index in [0.29, 0.717) is 30.4 Å². The molecule has 0 spiro atoms. The highest BCUT2D eigenvalue weighted by Gasteiger charge is 2.27. The number of benzene rings is 2. The van der Waals surface area contributed by atoms with E-state index in [9.17, 15) is 9.18 Å². The first-order chi connectivity index (χ1) is 14.5. The van der Waals surface area contributed by atoms with Crippen LogP contribution in [0.1, 0.15) is 34.8 Å². The molecule has 1 aliphatic rings. The lowest BCUT2D eigenvalue weighted by Crippen LogP contribution is -2.38. The zero-order valence-electron chi connectivity index (χ0n) is 16.9. The van der Waals surface area contributed by atoms with Crippen molar-refractivity contribution in [3.8, 4) is 17.0 Å². The number of hydrogen-bond donors (Lipinski definition) is 0. The molecule has 1 amide bonds. The summed E-state index contributed by atoms with van der Waals surface area (Å²) in [6.45, 7) is 1.40. The van der Waals surface area contributed by atoms with Gasteiger partial charge in [0.25, 0.3) is 5.91 Å². The minimum absolute atomic E-state index is 0.0206. The van der Waals surface area contributed by atoms with Gasteiger partial charge in [-0.15, -0.1) is 0 Å². The standard InChI is InChI=1S/C23H23BrFN3O2/c1-27-21(14-20(26-27)16-3-6-18(25)7-4-16)23(29)28-11-9-15(10-12-28)17-5-8-22(30-2)19(24)13-17/h3-8,13-15H,9-12H2,1-2H3. The van der Waals surface area contributed by atoms with Crippen LogP contribution in [0.2, 0.25) is 0 Å². The van der Waals surface area contributed by atoms with Crippen molar-refractivity contribution in [2.24, 2.45) is 7.05 Å². The molecular formula is C23H23BrFN3O2. The number of methoxy groups -OCH3 is 1. The van der Waals surface area contributed by atoms with Crippen molar-refractivity contribution >= 4 is 21.8 Å². The van der Waals surface area contributed by atoms with Gasteiger partial charge in [-0.3, -0.25) is 9.48 Å². The van der Waals surface area contributed by atoms with E-state index in [1.54, 1.807) is 37.0 Å². The van der Waals surface area contributed by atoms with Crippen LogP contribution >= 0.6 is 15.9 Å². The molecule has 1 aliphatic heterocycles. The van der Waals surface area contributed by atoms with Gasteiger partial charge in [0.1, 0.15) is 17.3 Å². The van der Waals surface area contributed by atoms with Gasteiger partial charge in [0.2, 0.25) is 0 Å². The number of ether oxygens (including phenoxy) is 1. The van der Waals surface area contributed by atoms with Crippen molar-refractivity contribution in [1.29, 1.82) is 0 Å². The third-order valence-corrected chi connectivity index (χ3v) is 6.29. The van der Waals surface area contributed by atoms with Crippen molar-refractivity contribution in [3.63, 3.8) is 0 Å². The van der Waals surface area contributed by atoms with E-state index in [4.69, 9.17) is 4.74 Å². The second-order valence-corrected chi connectivity index (χ2v) is 8.36. The molecule has 0 bridgehead atoms. The molecule has 2 aromatic carbocycles. The van der Waals surface area contributed by atoms with E-state index in [1.807, 2.05) is 11.0 Å². The molecule has 0 N–H and O–H groups in total. The predicted molar refractivity (Wildman–Crippen MR) is 117 cm³/mol. The van der Waals surface area contributed by atoms with Crippen molar-refractivity contribution < 1.29 is 13.9 Å². The van der Waals surface area contributed by atoms with E-state index >= 15 is 0 Å². The third kappa shape index (κ3) is 4.12. The number of halogens is 2. The Morgan fingerprint density at radius 1 is 1.13 bits per heavy atom. The summed E-state index contributed by atoms with van der Waals surface area (Å²) in [6.07, 6.45) is 1.82. The molecule has 0 aliphatic carbocycles. The topological polar surface area (TPSA) is 47.4 Å². The summed E-state index contributed by atoms with van der Waals surface area (Å²) in [5, 5.41) is 4.44. The molecule has 3 aromatic rings. The SMILES string of the molecule is COc1ccc(C2CCN(C(=O)c3cc(-c4ccc(F)cc4)nn3C)CC2)cc1Br. The molecular weight excluding hydrogens is 449 g/mol. The Morgan fingerprint density at radius 2 is 1.83 bits per heavy atom. The van der Waals surface area contributed by atoms with Crippen LogP contribution in [-0.4, -0.2) is 40.8 Å². The number of amides is 1. The first-order valence-electron chi connectivity index (χ1n) is 9.89. The van der Waals surface area contributed by atoms with Crippen molar-refractivity contribution in [2.45, 2.75) is 18.8 Å². The monoisotopic (exact) mass is 471 g/mol. The second kappa shape index (κ2) is 8.60. The number of piperidine rings is 1. The number of aryl methyl sites for hydroxylation is 1. The van der Waals surface area contributed by atoms with Crippen molar-refractivity contribution in [3.05, 3.63) is 70.1 Å². The molecule has 2 heterocycles. The highest BCUT2D eigenvalue weighted by molar-refractivity contribution is 9.10. The van der Waals surface area contributed by atoms with E-state index in [1.165, 1.54) is 17.7 Å². The largest absolute Gasteiger partial charge is 0.496 e. The molecule has 5 nitrogen and oxygen atoms in total.